The Balaban J connectivity index is 1.61. The van der Waals surface area contributed by atoms with Crippen LogP contribution in [0.3, 0.4) is 0 Å². The van der Waals surface area contributed by atoms with Crippen LogP contribution in [0.2, 0.25) is 0 Å². The summed E-state index contributed by atoms with van der Waals surface area (Å²) in [6, 6.07) is 1.76. The molecule has 0 saturated carbocycles. The summed E-state index contributed by atoms with van der Waals surface area (Å²) in [6.07, 6.45) is 2.31. The molecule has 4 heterocycles. The van der Waals surface area contributed by atoms with Gasteiger partial charge in [0.2, 0.25) is 0 Å². The van der Waals surface area contributed by atoms with Crippen molar-refractivity contribution in [3.63, 3.8) is 0 Å². The van der Waals surface area contributed by atoms with E-state index in [1.807, 2.05) is 6.92 Å². The zero-order valence-electron chi connectivity index (χ0n) is 15.9. The van der Waals surface area contributed by atoms with Crippen LogP contribution in [-0.2, 0) is 4.74 Å². The second-order valence-corrected chi connectivity index (χ2v) is 7.75. The van der Waals surface area contributed by atoms with Gasteiger partial charge in [-0.25, -0.2) is 4.98 Å². The van der Waals surface area contributed by atoms with Crippen LogP contribution in [-0.4, -0.2) is 82.5 Å². The van der Waals surface area contributed by atoms with Crippen LogP contribution < -0.4 is 0 Å². The number of carbonyl (C=O) groups is 1. The number of aromatic nitrogens is 2. The second-order valence-electron chi connectivity index (χ2n) is 7.75. The lowest BCUT2D eigenvalue weighted by Gasteiger charge is -2.34. The van der Waals surface area contributed by atoms with Crippen LogP contribution in [0, 0.1) is 13.8 Å². The lowest BCUT2D eigenvalue weighted by Crippen LogP contribution is -2.53. The van der Waals surface area contributed by atoms with Crippen LogP contribution in [0.15, 0.2) is 10.6 Å². The minimum absolute atomic E-state index is 0.151. The van der Waals surface area contributed by atoms with E-state index in [2.05, 4.69) is 15.0 Å². The Bertz CT molecular complexity index is 846. The van der Waals surface area contributed by atoms with E-state index < -0.39 is 5.60 Å². The lowest BCUT2D eigenvalue weighted by atomic mass is 10.0. The maximum Gasteiger partial charge on any atom is 0.258 e. The first-order valence-corrected chi connectivity index (χ1v) is 9.51. The monoisotopic (exact) mass is 374 g/mol. The number of pyridine rings is 1. The van der Waals surface area contributed by atoms with Crippen molar-refractivity contribution in [2.45, 2.75) is 32.3 Å². The molecule has 1 N–H and O–H groups in total. The molecule has 0 aromatic carbocycles. The molecule has 0 unspecified atom stereocenters. The average molecular weight is 374 g/mol. The molecular formula is C19H26N4O4. The maximum atomic E-state index is 13.3. The summed E-state index contributed by atoms with van der Waals surface area (Å²) in [5.41, 5.74) is 1.15. The van der Waals surface area contributed by atoms with Crippen LogP contribution in [0.5, 0.6) is 0 Å². The van der Waals surface area contributed by atoms with Gasteiger partial charge in [0.1, 0.15) is 5.60 Å². The van der Waals surface area contributed by atoms with Gasteiger partial charge in [0.05, 0.1) is 36.4 Å². The molecule has 2 aliphatic heterocycles. The molecule has 2 aliphatic rings. The summed E-state index contributed by atoms with van der Waals surface area (Å²) in [5.74, 6) is -0.151. The second kappa shape index (κ2) is 7.18. The Morgan fingerprint density at radius 1 is 1.30 bits per heavy atom. The van der Waals surface area contributed by atoms with E-state index in [0.29, 0.717) is 47.7 Å². The minimum Gasteiger partial charge on any atom is -0.384 e. The Kier molecular flexibility index (Phi) is 4.88. The zero-order chi connectivity index (χ0) is 19.0. The molecule has 1 amide bonds. The van der Waals surface area contributed by atoms with Crippen molar-refractivity contribution in [2.75, 3.05) is 45.9 Å². The molecule has 27 heavy (non-hydrogen) atoms. The van der Waals surface area contributed by atoms with Gasteiger partial charge in [-0.2, -0.15) is 0 Å². The van der Waals surface area contributed by atoms with Crippen LogP contribution in [0.1, 0.15) is 34.6 Å². The molecule has 2 aromatic heterocycles. The van der Waals surface area contributed by atoms with Gasteiger partial charge < -0.3 is 24.2 Å². The first-order valence-electron chi connectivity index (χ1n) is 9.51. The SMILES string of the molecule is Cc1cc(C(=O)N2CCOC[C@](O)(CN3CCCC3)C2)c2c(C)noc2n1. The number of ether oxygens (including phenoxy) is 1. The van der Waals surface area contributed by atoms with Gasteiger partial charge in [-0.1, -0.05) is 5.16 Å². The largest absolute Gasteiger partial charge is 0.384 e. The third-order valence-corrected chi connectivity index (χ3v) is 5.34. The van der Waals surface area contributed by atoms with E-state index in [0.717, 1.165) is 25.9 Å². The van der Waals surface area contributed by atoms with Gasteiger partial charge in [0.15, 0.2) is 0 Å². The Morgan fingerprint density at radius 2 is 2.07 bits per heavy atom. The minimum atomic E-state index is -1.07. The van der Waals surface area contributed by atoms with Gasteiger partial charge in [-0.05, 0) is 45.8 Å². The van der Waals surface area contributed by atoms with Gasteiger partial charge in [0, 0.05) is 18.8 Å². The molecule has 2 fully saturated rings. The summed E-state index contributed by atoms with van der Waals surface area (Å²) in [4.78, 5) is 21.6. The van der Waals surface area contributed by atoms with E-state index in [9.17, 15) is 9.90 Å². The summed E-state index contributed by atoms with van der Waals surface area (Å²) >= 11 is 0. The molecule has 2 saturated heterocycles. The highest BCUT2D eigenvalue weighted by Gasteiger charge is 2.37. The molecular weight excluding hydrogens is 348 g/mol. The van der Waals surface area contributed by atoms with E-state index in [1.165, 1.54) is 0 Å². The first kappa shape index (κ1) is 18.3. The van der Waals surface area contributed by atoms with Crippen molar-refractivity contribution < 1.29 is 19.2 Å². The summed E-state index contributed by atoms with van der Waals surface area (Å²) < 4.78 is 10.9. The quantitative estimate of drug-likeness (QED) is 0.861. The highest BCUT2D eigenvalue weighted by molar-refractivity contribution is 6.06. The number of rotatable bonds is 3. The third kappa shape index (κ3) is 3.69. The number of nitrogens with zero attached hydrogens (tertiary/aromatic N) is 4. The lowest BCUT2D eigenvalue weighted by molar-refractivity contribution is -0.0524. The van der Waals surface area contributed by atoms with Crippen molar-refractivity contribution in [3.8, 4) is 0 Å². The summed E-state index contributed by atoms with van der Waals surface area (Å²) in [5, 5.41) is 15.7. The molecule has 0 spiro atoms. The molecule has 0 aliphatic carbocycles. The maximum absolute atomic E-state index is 13.3. The predicted octanol–water partition coefficient (Wildman–Crippen LogP) is 1.14. The van der Waals surface area contributed by atoms with Gasteiger partial charge in [-0.15, -0.1) is 0 Å². The molecule has 2 aromatic rings. The standard InChI is InChI=1S/C19H26N4O4/c1-13-9-15(16-14(2)21-27-17(16)20-13)18(24)23-7-8-26-12-19(25,11-23)10-22-5-3-4-6-22/h9,25H,3-8,10-12H2,1-2H3/t19-/m0/s1. The number of likely N-dealkylation sites (tertiary alicyclic amines) is 1. The topological polar surface area (TPSA) is 91.9 Å². The summed E-state index contributed by atoms with van der Waals surface area (Å²) in [6.45, 7) is 7.45. The number of aryl methyl sites for hydroxylation is 2. The van der Waals surface area contributed by atoms with Crippen LogP contribution >= 0.6 is 0 Å². The van der Waals surface area contributed by atoms with Crippen molar-refractivity contribution in [1.82, 2.24) is 19.9 Å². The molecule has 1 atom stereocenters. The predicted molar refractivity (Wildman–Crippen MR) is 98.6 cm³/mol. The van der Waals surface area contributed by atoms with Crippen LogP contribution in [0.4, 0.5) is 0 Å². The molecule has 0 radical (unpaired) electrons. The molecule has 4 rings (SSSR count). The van der Waals surface area contributed by atoms with E-state index in [1.54, 1.807) is 17.9 Å². The van der Waals surface area contributed by atoms with Crippen molar-refractivity contribution >= 4 is 17.0 Å². The Hall–Kier alpha value is -2.03. The molecule has 8 nitrogen and oxygen atoms in total. The number of hydrogen-bond acceptors (Lipinski definition) is 7. The van der Waals surface area contributed by atoms with Crippen molar-refractivity contribution in [3.05, 3.63) is 23.0 Å². The zero-order valence-corrected chi connectivity index (χ0v) is 15.9. The molecule has 146 valence electrons. The average Bonchev–Trinajstić information content (AvgIpc) is 3.21. The third-order valence-electron chi connectivity index (χ3n) is 5.34. The van der Waals surface area contributed by atoms with Gasteiger partial charge >= 0.3 is 0 Å². The highest BCUT2D eigenvalue weighted by Crippen LogP contribution is 2.25. The van der Waals surface area contributed by atoms with Crippen LogP contribution in [0.25, 0.3) is 11.1 Å². The Labute approximate surface area is 158 Å². The Morgan fingerprint density at radius 3 is 2.85 bits per heavy atom. The number of amides is 1. The fraction of sp³-hybridized carbons (Fsp3) is 0.632. The highest BCUT2D eigenvalue weighted by atomic mass is 16.5. The smallest absolute Gasteiger partial charge is 0.258 e. The fourth-order valence-electron chi connectivity index (χ4n) is 4.10. The summed E-state index contributed by atoms with van der Waals surface area (Å²) in [7, 11) is 0. The first-order chi connectivity index (χ1) is 13.0. The van der Waals surface area contributed by atoms with Gasteiger partial charge in [-0.3, -0.25) is 4.79 Å². The number of carbonyl (C=O) groups excluding carboxylic acids is 1. The fourth-order valence-corrected chi connectivity index (χ4v) is 4.10. The number of hydrogen-bond donors (Lipinski definition) is 1. The number of β-amino-alcohol motifs (C(OH)–C–C–N with tert-alkyl or cyclic N) is 1. The van der Waals surface area contributed by atoms with Crippen molar-refractivity contribution in [2.24, 2.45) is 0 Å². The molecule has 8 heteroatoms. The van der Waals surface area contributed by atoms with Gasteiger partial charge in [0.25, 0.3) is 11.6 Å². The number of fused-ring (bicyclic) bond motifs is 1. The van der Waals surface area contributed by atoms with E-state index in [4.69, 9.17) is 9.26 Å². The van der Waals surface area contributed by atoms with E-state index >= 15 is 0 Å². The normalized spacial score (nSPS) is 24.5. The molecule has 0 bridgehead atoms. The van der Waals surface area contributed by atoms with E-state index in [-0.39, 0.29) is 19.1 Å². The van der Waals surface area contributed by atoms with Crippen molar-refractivity contribution in [1.29, 1.82) is 0 Å². The number of aliphatic hydroxyl groups is 1.